The Balaban J connectivity index is 2.00. The smallest absolute Gasteiger partial charge is 0.322 e. The van der Waals surface area contributed by atoms with Gasteiger partial charge in [-0.1, -0.05) is 0 Å². The predicted molar refractivity (Wildman–Crippen MR) is 78.6 cm³/mol. The molecule has 1 aliphatic heterocycles. The van der Waals surface area contributed by atoms with Gasteiger partial charge in [-0.05, 0) is 43.5 Å². The summed E-state index contributed by atoms with van der Waals surface area (Å²) in [7, 11) is 1.58. The SMILES string of the molecule is COc1ccc(NC(=O)N2CCCCC2CC(=O)O)cc1. The Morgan fingerprint density at radius 1 is 1.33 bits per heavy atom. The number of carboxylic acid groups (broad SMARTS) is 1. The number of hydrogen-bond donors (Lipinski definition) is 2. The first-order chi connectivity index (χ1) is 10.1. The van der Waals surface area contributed by atoms with E-state index in [2.05, 4.69) is 5.32 Å². The van der Waals surface area contributed by atoms with Gasteiger partial charge in [-0.3, -0.25) is 4.79 Å². The van der Waals surface area contributed by atoms with Crippen LogP contribution in [-0.4, -0.2) is 41.7 Å². The molecule has 1 aliphatic rings. The Morgan fingerprint density at radius 2 is 2.05 bits per heavy atom. The lowest BCUT2D eigenvalue weighted by atomic mass is 10.00. The van der Waals surface area contributed by atoms with E-state index in [1.165, 1.54) is 0 Å². The van der Waals surface area contributed by atoms with Crippen LogP contribution in [0.5, 0.6) is 5.75 Å². The van der Waals surface area contributed by atoms with Crippen LogP contribution >= 0.6 is 0 Å². The van der Waals surface area contributed by atoms with Gasteiger partial charge in [0.05, 0.1) is 13.5 Å². The van der Waals surface area contributed by atoms with Crippen molar-refractivity contribution in [2.75, 3.05) is 19.0 Å². The van der Waals surface area contributed by atoms with Crippen LogP contribution in [0, 0.1) is 0 Å². The number of carbonyl (C=O) groups is 2. The van der Waals surface area contributed by atoms with Crippen LogP contribution in [0.2, 0.25) is 0 Å². The van der Waals surface area contributed by atoms with Gasteiger partial charge in [-0.25, -0.2) is 4.79 Å². The molecule has 1 fully saturated rings. The minimum atomic E-state index is -0.871. The molecule has 0 spiro atoms. The second kappa shape index (κ2) is 6.97. The van der Waals surface area contributed by atoms with Gasteiger partial charge in [0.2, 0.25) is 0 Å². The summed E-state index contributed by atoms with van der Waals surface area (Å²) in [5, 5.41) is 11.7. The van der Waals surface area contributed by atoms with Crippen LogP contribution in [0.15, 0.2) is 24.3 Å². The zero-order chi connectivity index (χ0) is 15.2. The number of methoxy groups -OCH3 is 1. The molecule has 6 nitrogen and oxygen atoms in total. The lowest BCUT2D eigenvalue weighted by Gasteiger charge is -2.34. The fourth-order valence-corrected chi connectivity index (χ4v) is 2.55. The third kappa shape index (κ3) is 4.11. The van der Waals surface area contributed by atoms with Gasteiger partial charge in [0.1, 0.15) is 5.75 Å². The number of hydrogen-bond acceptors (Lipinski definition) is 3. The van der Waals surface area contributed by atoms with E-state index in [9.17, 15) is 9.59 Å². The Bertz CT molecular complexity index is 501. The summed E-state index contributed by atoms with van der Waals surface area (Å²) >= 11 is 0. The highest BCUT2D eigenvalue weighted by molar-refractivity contribution is 5.90. The van der Waals surface area contributed by atoms with E-state index in [1.807, 2.05) is 0 Å². The molecule has 1 aromatic carbocycles. The van der Waals surface area contributed by atoms with E-state index in [1.54, 1.807) is 36.3 Å². The van der Waals surface area contributed by atoms with Gasteiger partial charge >= 0.3 is 12.0 Å². The molecular formula is C15H20N2O4. The monoisotopic (exact) mass is 292 g/mol. The fourth-order valence-electron chi connectivity index (χ4n) is 2.55. The third-order valence-corrected chi connectivity index (χ3v) is 3.64. The fraction of sp³-hybridized carbons (Fsp3) is 0.467. The van der Waals surface area contributed by atoms with Crippen LogP contribution in [0.4, 0.5) is 10.5 Å². The largest absolute Gasteiger partial charge is 0.497 e. The van der Waals surface area contributed by atoms with Crippen molar-refractivity contribution in [2.24, 2.45) is 0 Å². The van der Waals surface area contributed by atoms with Crippen molar-refractivity contribution < 1.29 is 19.4 Å². The Hall–Kier alpha value is -2.24. The summed E-state index contributed by atoms with van der Waals surface area (Å²) in [5.41, 5.74) is 0.667. The summed E-state index contributed by atoms with van der Waals surface area (Å²) in [6.07, 6.45) is 2.61. The molecule has 2 rings (SSSR count). The lowest BCUT2D eigenvalue weighted by Crippen LogP contribution is -2.46. The summed E-state index contributed by atoms with van der Waals surface area (Å²) in [4.78, 5) is 24.8. The summed E-state index contributed by atoms with van der Waals surface area (Å²) < 4.78 is 5.06. The second-order valence-corrected chi connectivity index (χ2v) is 5.10. The molecule has 1 saturated heterocycles. The molecular weight excluding hydrogens is 272 g/mol. The summed E-state index contributed by atoms with van der Waals surface area (Å²) in [6.45, 7) is 0.597. The molecule has 1 heterocycles. The number of aliphatic carboxylic acids is 1. The second-order valence-electron chi connectivity index (χ2n) is 5.10. The number of amides is 2. The van der Waals surface area contributed by atoms with Crippen molar-refractivity contribution in [3.05, 3.63) is 24.3 Å². The lowest BCUT2D eigenvalue weighted by molar-refractivity contribution is -0.138. The predicted octanol–water partition coefficient (Wildman–Crippen LogP) is 2.56. The van der Waals surface area contributed by atoms with Crippen molar-refractivity contribution in [3.8, 4) is 5.75 Å². The minimum absolute atomic E-state index is 0.00394. The zero-order valence-electron chi connectivity index (χ0n) is 12.0. The van der Waals surface area contributed by atoms with E-state index < -0.39 is 5.97 Å². The summed E-state index contributed by atoms with van der Waals surface area (Å²) in [6, 6.07) is 6.57. The normalized spacial score (nSPS) is 18.1. The number of urea groups is 1. The Kier molecular flexibility index (Phi) is 5.03. The number of piperidine rings is 1. The number of carboxylic acids is 1. The quantitative estimate of drug-likeness (QED) is 0.894. The van der Waals surface area contributed by atoms with Crippen molar-refractivity contribution >= 4 is 17.7 Å². The van der Waals surface area contributed by atoms with Crippen LogP contribution in [-0.2, 0) is 4.79 Å². The minimum Gasteiger partial charge on any atom is -0.497 e. The van der Waals surface area contributed by atoms with Gasteiger partial charge in [-0.15, -0.1) is 0 Å². The summed E-state index contributed by atoms with van der Waals surface area (Å²) in [5.74, 6) is -0.154. The van der Waals surface area contributed by atoms with Crippen molar-refractivity contribution in [1.82, 2.24) is 4.90 Å². The molecule has 1 aromatic rings. The first-order valence-corrected chi connectivity index (χ1v) is 7.03. The van der Waals surface area contributed by atoms with E-state index >= 15 is 0 Å². The maximum atomic E-state index is 12.3. The molecule has 114 valence electrons. The Labute approximate surface area is 123 Å². The number of rotatable bonds is 4. The zero-order valence-corrected chi connectivity index (χ0v) is 12.0. The van der Waals surface area contributed by atoms with Gasteiger partial charge < -0.3 is 20.1 Å². The molecule has 2 N–H and O–H groups in total. The van der Waals surface area contributed by atoms with Crippen molar-refractivity contribution in [3.63, 3.8) is 0 Å². The highest BCUT2D eigenvalue weighted by Gasteiger charge is 2.28. The highest BCUT2D eigenvalue weighted by Crippen LogP contribution is 2.22. The van der Waals surface area contributed by atoms with E-state index in [-0.39, 0.29) is 18.5 Å². The van der Waals surface area contributed by atoms with Gasteiger partial charge in [0.25, 0.3) is 0 Å². The van der Waals surface area contributed by atoms with Crippen molar-refractivity contribution in [2.45, 2.75) is 31.7 Å². The molecule has 0 bridgehead atoms. The topological polar surface area (TPSA) is 78.9 Å². The van der Waals surface area contributed by atoms with E-state index in [4.69, 9.17) is 9.84 Å². The highest BCUT2D eigenvalue weighted by atomic mass is 16.5. The number of benzene rings is 1. The van der Waals surface area contributed by atoms with Crippen LogP contribution in [0.3, 0.4) is 0 Å². The number of nitrogens with one attached hydrogen (secondary N) is 1. The Morgan fingerprint density at radius 3 is 2.67 bits per heavy atom. The molecule has 1 unspecified atom stereocenters. The van der Waals surface area contributed by atoms with Gasteiger partial charge in [0, 0.05) is 18.3 Å². The van der Waals surface area contributed by atoms with Crippen LogP contribution in [0.25, 0.3) is 0 Å². The van der Waals surface area contributed by atoms with Gasteiger partial charge in [0.15, 0.2) is 0 Å². The molecule has 21 heavy (non-hydrogen) atoms. The molecule has 0 saturated carbocycles. The van der Waals surface area contributed by atoms with Crippen LogP contribution in [0.1, 0.15) is 25.7 Å². The average molecular weight is 292 g/mol. The van der Waals surface area contributed by atoms with Gasteiger partial charge in [-0.2, -0.15) is 0 Å². The molecule has 2 amide bonds. The third-order valence-electron chi connectivity index (χ3n) is 3.64. The number of likely N-dealkylation sites (tertiary alicyclic amines) is 1. The molecule has 0 radical (unpaired) electrons. The maximum Gasteiger partial charge on any atom is 0.322 e. The first-order valence-electron chi connectivity index (χ1n) is 7.03. The number of carbonyl (C=O) groups excluding carboxylic acids is 1. The van der Waals surface area contributed by atoms with Crippen molar-refractivity contribution in [1.29, 1.82) is 0 Å². The molecule has 0 aliphatic carbocycles. The standard InChI is InChI=1S/C15H20N2O4/c1-21-13-7-5-11(6-8-13)16-15(20)17-9-3-2-4-12(17)10-14(18)19/h5-8,12H,2-4,9-10H2,1H3,(H,16,20)(H,18,19). The molecule has 0 aromatic heterocycles. The first kappa shape index (κ1) is 15.2. The molecule has 6 heteroatoms. The number of ether oxygens (including phenoxy) is 1. The maximum absolute atomic E-state index is 12.3. The average Bonchev–Trinajstić information content (AvgIpc) is 2.48. The van der Waals surface area contributed by atoms with Crippen LogP contribution < -0.4 is 10.1 Å². The van der Waals surface area contributed by atoms with E-state index in [0.29, 0.717) is 12.2 Å². The molecule has 1 atom stereocenters. The number of nitrogens with zero attached hydrogens (tertiary/aromatic N) is 1. The number of anilines is 1. The van der Waals surface area contributed by atoms with E-state index in [0.717, 1.165) is 25.0 Å².